The Labute approximate surface area is 257 Å². The Morgan fingerprint density at radius 3 is 1.77 bits per heavy atom. The quantitative estimate of drug-likeness (QED) is 0.0651. The fourth-order valence-corrected chi connectivity index (χ4v) is 4.99. The van der Waals surface area contributed by atoms with E-state index in [1.165, 1.54) is 6.08 Å². The lowest BCUT2D eigenvalue weighted by atomic mass is 9.92. The molecule has 0 saturated heterocycles. The standard InChI is InChI=1S/C35H50N4O4/c1-2-3-8-13-31-34(38-29-18-14-27(15-19-29)36-22-9-4-6-11-24-40)32(42)26-33(43)35(31)39-30-20-16-28(17-21-30)37-23-10-5-7-12-25-41/h14-21,26,36-38,40-42H,2-13,22-25H2,1H3. The number of aliphatic hydroxyl groups excluding tert-OH is 3. The minimum absolute atomic E-state index is 0.0703. The van der Waals surface area contributed by atoms with Crippen molar-refractivity contribution in [3.8, 4) is 0 Å². The number of hydrogen-bond donors (Lipinski definition) is 6. The summed E-state index contributed by atoms with van der Waals surface area (Å²) >= 11 is 0. The maximum absolute atomic E-state index is 13.1. The maximum atomic E-state index is 13.1. The second-order valence-electron chi connectivity index (χ2n) is 11.0. The normalized spacial score (nSPS) is 14.3. The summed E-state index contributed by atoms with van der Waals surface area (Å²) in [6.07, 6.45) is 12.9. The molecule has 2 aromatic rings. The van der Waals surface area contributed by atoms with E-state index in [4.69, 9.17) is 15.2 Å². The molecule has 234 valence electrons. The molecule has 0 unspecified atom stereocenters. The van der Waals surface area contributed by atoms with E-state index in [1.54, 1.807) is 0 Å². The van der Waals surface area contributed by atoms with Crippen molar-refractivity contribution in [1.29, 1.82) is 0 Å². The molecule has 8 heteroatoms. The Kier molecular flexibility index (Phi) is 15.4. The van der Waals surface area contributed by atoms with Crippen LogP contribution in [0.3, 0.4) is 0 Å². The van der Waals surface area contributed by atoms with Crippen molar-refractivity contribution in [2.24, 2.45) is 4.99 Å². The monoisotopic (exact) mass is 590 g/mol. The van der Waals surface area contributed by atoms with Crippen LogP contribution in [0, 0.1) is 0 Å². The van der Waals surface area contributed by atoms with Crippen LogP contribution in [0.2, 0.25) is 0 Å². The van der Waals surface area contributed by atoms with Crippen molar-refractivity contribution in [3.63, 3.8) is 0 Å². The molecular weight excluding hydrogens is 540 g/mol. The minimum atomic E-state index is -0.293. The summed E-state index contributed by atoms with van der Waals surface area (Å²) in [5.74, 6) is -0.364. The lowest BCUT2D eigenvalue weighted by Gasteiger charge is -2.21. The molecule has 6 N–H and O–H groups in total. The summed E-state index contributed by atoms with van der Waals surface area (Å²) in [6, 6.07) is 15.7. The van der Waals surface area contributed by atoms with Gasteiger partial charge < -0.3 is 31.3 Å². The van der Waals surface area contributed by atoms with Gasteiger partial charge in [-0.15, -0.1) is 0 Å². The number of benzene rings is 2. The van der Waals surface area contributed by atoms with Gasteiger partial charge in [-0.05, 0) is 87.1 Å². The number of nitrogens with zero attached hydrogens (tertiary/aromatic N) is 1. The van der Waals surface area contributed by atoms with E-state index in [2.05, 4.69) is 22.9 Å². The fourth-order valence-electron chi connectivity index (χ4n) is 4.99. The van der Waals surface area contributed by atoms with Gasteiger partial charge in [-0.25, -0.2) is 4.99 Å². The molecular formula is C35H50N4O4. The van der Waals surface area contributed by atoms with Gasteiger partial charge in [-0.3, -0.25) is 4.79 Å². The van der Waals surface area contributed by atoms with Crippen molar-refractivity contribution in [1.82, 2.24) is 0 Å². The highest BCUT2D eigenvalue weighted by Gasteiger charge is 2.27. The lowest BCUT2D eigenvalue weighted by Crippen LogP contribution is -2.25. The first kappa shape index (κ1) is 33.9. The number of anilines is 3. The van der Waals surface area contributed by atoms with Crippen LogP contribution in [0.25, 0.3) is 0 Å². The van der Waals surface area contributed by atoms with Crippen LogP contribution in [0.5, 0.6) is 0 Å². The van der Waals surface area contributed by atoms with Gasteiger partial charge >= 0.3 is 0 Å². The average molecular weight is 591 g/mol. The molecule has 1 aliphatic carbocycles. The molecule has 0 radical (unpaired) electrons. The third kappa shape index (κ3) is 11.9. The summed E-state index contributed by atoms with van der Waals surface area (Å²) < 4.78 is 0. The van der Waals surface area contributed by atoms with Crippen molar-refractivity contribution >= 4 is 34.2 Å². The van der Waals surface area contributed by atoms with Gasteiger partial charge in [-0.1, -0.05) is 45.4 Å². The molecule has 0 aliphatic heterocycles. The molecule has 8 nitrogen and oxygen atoms in total. The van der Waals surface area contributed by atoms with Crippen LogP contribution < -0.4 is 16.0 Å². The number of carbonyl (C=O) groups is 1. The number of carbonyl (C=O) groups excluding carboxylic acids is 1. The molecule has 0 saturated carbocycles. The molecule has 1 aliphatic rings. The van der Waals surface area contributed by atoms with E-state index in [-0.39, 0.29) is 24.8 Å². The molecule has 0 fully saturated rings. The fraction of sp³-hybridized carbons (Fsp3) is 0.486. The van der Waals surface area contributed by atoms with Crippen molar-refractivity contribution in [2.75, 3.05) is 42.3 Å². The zero-order valence-corrected chi connectivity index (χ0v) is 25.7. The average Bonchev–Trinajstić information content (AvgIpc) is 3.01. The third-order valence-corrected chi connectivity index (χ3v) is 7.47. The first-order valence-corrected chi connectivity index (χ1v) is 16.0. The van der Waals surface area contributed by atoms with Crippen molar-refractivity contribution in [3.05, 3.63) is 71.6 Å². The molecule has 0 bridgehead atoms. The summed E-state index contributed by atoms with van der Waals surface area (Å²) in [5.41, 5.74) is 5.14. The summed E-state index contributed by atoms with van der Waals surface area (Å²) in [7, 11) is 0. The van der Waals surface area contributed by atoms with Gasteiger partial charge in [0.25, 0.3) is 0 Å². The number of aliphatic imine (C=N–C) groups is 1. The maximum Gasteiger partial charge on any atom is 0.208 e. The number of unbranched alkanes of at least 4 members (excludes halogenated alkanes) is 8. The Bertz CT molecular complexity index is 1200. The third-order valence-electron chi connectivity index (χ3n) is 7.47. The lowest BCUT2D eigenvalue weighted by molar-refractivity contribution is -0.109. The van der Waals surface area contributed by atoms with Gasteiger partial charge in [-0.2, -0.15) is 0 Å². The van der Waals surface area contributed by atoms with Crippen LogP contribution in [-0.2, 0) is 4.79 Å². The number of allylic oxidation sites excluding steroid dienone is 2. The number of rotatable bonds is 21. The Hall–Kier alpha value is -3.62. The topological polar surface area (TPSA) is 126 Å². The van der Waals surface area contributed by atoms with Gasteiger partial charge in [0.15, 0.2) is 0 Å². The highest BCUT2D eigenvalue weighted by atomic mass is 16.3. The zero-order valence-electron chi connectivity index (χ0n) is 25.7. The van der Waals surface area contributed by atoms with E-state index in [0.717, 1.165) is 106 Å². The molecule has 3 rings (SSSR count). The van der Waals surface area contributed by atoms with Gasteiger partial charge in [0.1, 0.15) is 11.5 Å². The smallest absolute Gasteiger partial charge is 0.208 e. The second-order valence-corrected chi connectivity index (χ2v) is 11.0. The minimum Gasteiger partial charge on any atom is -0.506 e. The van der Waals surface area contributed by atoms with Gasteiger partial charge in [0.05, 0.1) is 11.4 Å². The van der Waals surface area contributed by atoms with Crippen LogP contribution >= 0.6 is 0 Å². The number of hydrogen-bond acceptors (Lipinski definition) is 8. The molecule has 43 heavy (non-hydrogen) atoms. The summed E-state index contributed by atoms with van der Waals surface area (Å²) in [6.45, 7) is 4.38. The Balaban J connectivity index is 1.72. The van der Waals surface area contributed by atoms with Gasteiger partial charge in [0, 0.05) is 55.0 Å². The molecule has 0 amide bonds. The van der Waals surface area contributed by atoms with E-state index in [9.17, 15) is 9.90 Å². The van der Waals surface area contributed by atoms with Crippen LogP contribution in [0.4, 0.5) is 22.7 Å². The predicted octanol–water partition coefficient (Wildman–Crippen LogP) is 7.66. The van der Waals surface area contributed by atoms with E-state index in [0.29, 0.717) is 23.5 Å². The van der Waals surface area contributed by atoms with Crippen LogP contribution in [0.1, 0.15) is 84.0 Å². The predicted molar refractivity (Wildman–Crippen MR) is 179 cm³/mol. The molecule has 0 spiro atoms. The molecule has 0 heterocycles. The largest absolute Gasteiger partial charge is 0.506 e. The number of aliphatic hydroxyl groups is 3. The Morgan fingerprint density at radius 2 is 1.21 bits per heavy atom. The number of ketones is 1. The molecule has 2 aromatic carbocycles. The van der Waals surface area contributed by atoms with Crippen molar-refractivity contribution < 1.29 is 20.1 Å². The second kappa shape index (κ2) is 19.5. The highest BCUT2D eigenvalue weighted by molar-refractivity contribution is 6.51. The van der Waals surface area contributed by atoms with E-state index >= 15 is 0 Å². The van der Waals surface area contributed by atoms with Gasteiger partial charge in [0.2, 0.25) is 5.78 Å². The SMILES string of the molecule is CCCCCC1=C(Nc2ccc(NCCCCCCO)cc2)C(O)=CC(=O)C1=Nc1ccc(NCCCCCCO)cc1. The Morgan fingerprint density at radius 1 is 0.674 bits per heavy atom. The molecule has 0 atom stereocenters. The van der Waals surface area contributed by atoms with Crippen molar-refractivity contribution in [2.45, 2.75) is 84.0 Å². The first-order chi connectivity index (χ1) is 21.0. The summed E-state index contributed by atoms with van der Waals surface area (Å²) in [4.78, 5) is 17.9. The van der Waals surface area contributed by atoms with E-state index < -0.39 is 0 Å². The molecule has 0 aromatic heterocycles. The summed E-state index contributed by atoms with van der Waals surface area (Å²) in [5, 5.41) is 38.9. The van der Waals surface area contributed by atoms with Crippen LogP contribution in [0.15, 0.2) is 76.6 Å². The van der Waals surface area contributed by atoms with E-state index in [1.807, 2.05) is 48.5 Å². The first-order valence-electron chi connectivity index (χ1n) is 16.0. The number of nitrogens with one attached hydrogen (secondary N) is 3. The highest BCUT2D eigenvalue weighted by Crippen LogP contribution is 2.29. The zero-order chi connectivity index (χ0) is 30.7. The van der Waals surface area contributed by atoms with Crippen LogP contribution in [-0.4, -0.2) is 53.1 Å².